The summed E-state index contributed by atoms with van der Waals surface area (Å²) in [6, 6.07) is -0.435. The zero-order valence-electron chi connectivity index (χ0n) is 13.8. The molecule has 0 saturated carbocycles. The summed E-state index contributed by atoms with van der Waals surface area (Å²) in [5.41, 5.74) is 0. The highest BCUT2D eigenvalue weighted by Gasteiger charge is 2.29. The lowest BCUT2D eigenvalue weighted by Gasteiger charge is -2.31. The van der Waals surface area contributed by atoms with Gasteiger partial charge in [-0.25, -0.2) is 0 Å². The fourth-order valence-electron chi connectivity index (χ4n) is 3.17. The molecule has 2 amide bonds. The van der Waals surface area contributed by atoms with Gasteiger partial charge in [0.15, 0.2) is 0 Å². The van der Waals surface area contributed by atoms with Crippen molar-refractivity contribution in [2.45, 2.75) is 45.1 Å². The van der Waals surface area contributed by atoms with E-state index >= 15 is 0 Å². The maximum Gasteiger partial charge on any atom is 0.310 e. The van der Waals surface area contributed by atoms with Gasteiger partial charge in [-0.3, -0.25) is 19.3 Å². The van der Waals surface area contributed by atoms with Crippen molar-refractivity contribution in [1.29, 1.82) is 0 Å². The van der Waals surface area contributed by atoms with Crippen LogP contribution < -0.4 is 10.6 Å². The van der Waals surface area contributed by atoms with Crippen LogP contribution in [0.5, 0.6) is 0 Å². The van der Waals surface area contributed by atoms with Gasteiger partial charge in [-0.05, 0) is 45.6 Å². The van der Waals surface area contributed by atoms with Crippen molar-refractivity contribution in [3.63, 3.8) is 0 Å². The van der Waals surface area contributed by atoms with Gasteiger partial charge in [0.1, 0.15) is 6.04 Å². The number of amides is 2. The summed E-state index contributed by atoms with van der Waals surface area (Å²) >= 11 is 0. The molecule has 0 radical (unpaired) electrons. The Balaban J connectivity index is 1.79. The first-order valence-electron chi connectivity index (χ1n) is 8.56. The second kappa shape index (κ2) is 8.86. The monoisotopic (exact) mass is 325 g/mol. The summed E-state index contributed by atoms with van der Waals surface area (Å²) in [4.78, 5) is 37.8. The van der Waals surface area contributed by atoms with E-state index in [2.05, 4.69) is 10.6 Å². The fourth-order valence-corrected chi connectivity index (χ4v) is 3.17. The number of likely N-dealkylation sites (tertiary alicyclic amines) is 1. The van der Waals surface area contributed by atoms with Gasteiger partial charge in [-0.2, -0.15) is 0 Å². The summed E-state index contributed by atoms with van der Waals surface area (Å²) in [7, 11) is 0. The van der Waals surface area contributed by atoms with Crippen LogP contribution in [-0.2, 0) is 19.1 Å². The zero-order valence-corrected chi connectivity index (χ0v) is 13.8. The van der Waals surface area contributed by atoms with E-state index in [1.807, 2.05) is 4.90 Å². The Bertz CT molecular complexity index is 441. The molecule has 2 atom stereocenters. The summed E-state index contributed by atoms with van der Waals surface area (Å²) in [5.74, 6) is -0.589. The largest absolute Gasteiger partial charge is 0.466 e. The van der Waals surface area contributed by atoms with Crippen LogP contribution >= 0.6 is 0 Å². The molecule has 2 aliphatic rings. The molecule has 2 fully saturated rings. The van der Waals surface area contributed by atoms with Crippen molar-refractivity contribution in [3.8, 4) is 0 Å². The van der Waals surface area contributed by atoms with Gasteiger partial charge in [0.05, 0.1) is 19.1 Å². The molecule has 2 unspecified atom stereocenters. The molecule has 0 spiro atoms. The molecule has 2 aliphatic heterocycles. The maximum atomic E-state index is 12.2. The minimum absolute atomic E-state index is 0.0982. The SMILES string of the molecule is CCOC(=O)C1CCCN(CC(=O)NC2CCCCNC2=O)C1. The molecule has 130 valence electrons. The first kappa shape index (κ1) is 17.7. The maximum absolute atomic E-state index is 12.2. The first-order valence-corrected chi connectivity index (χ1v) is 8.56. The van der Waals surface area contributed by atoms with E-state index < -0.39 is 6.04 Å². The van der Waals surface area contributed by atoms with Crippen molar-refractivity contribution >= 4 is 17.8 Å². The Labute approximate surface area is 137 Å². The van der Waals surface area contributed by atoms with E-state index in [0.29, 0.717) is 26.1 Å². The summed E-state index contributed by atoms with van der Waals surface area (Å²) in [6.07, 6.45) is 4.25. The van der Waals surface area contributed by atoms with Crippen LogP contribution in [0, 0.1) is 5.92 Å². The summed E-state index contributed by atoms with van der Waals surface area (Å²) < 4.78 is 5.07. The number of hydrogen-bond donors (Lipinski definition) is 2. The van der Waals surface area contributed by atoms with Crippen molar-refractivity contribution in [2.75, 3.05) is 32.8 Å². The zero-order chi connectivity index (χ0) is 16.7. The molecule has 7 heteroatoms. The van der Waals surface area contributed by atoms with E-state index in [4.69, 9.17) is 4.74 Å². The molecule has 0 bridgehead atoms. The fraction of sp³-hybridized carbons (Fsp3) is 0.812. The number of esters is 1. The molecule has 0 aromatic carbocycles. The molecule has 2 heterocycles. The van der Waals surface area contributed by atoms with E-state index in [1.54, 1.807) is 6.92 Å². The van der Waals surface area contributed by atoms with Crippen LogP contribution in [0.2, 0.25) is 0 Å². The van der Waals surface area contributed by atoms with Crippen LogP contribution in [0.25, 0.3) is 0 Å². The molecule has 7 nitrogen and oxygen atoms in total. The number of carbonyl (C=O) groups is 3. The van der Waals surface area contributed by atoms with Crippen molar-refractivity contribution in [2.24, 2.45) is 5.92 Å². The Morgan fingerprint density at radius 3 is 2.91 bits per heavy atom. The molecular formula is C16H27N3O4. The van der Waals surface area contributed by atoms with Gasteiger partial charge in [-0.15, -0.1) is 0 Å². The predicted molar refractivity (Wildman–Crippen MR) is 84.6 cm³/mol. The van der Waals surface area contributed by atoms with E-state index in [-0.39, 0.29) is 30.2 Å². The number of carbonyl (C=O) groups excluding carboxylic acids is 3. The van der Waals surface area contributed by atoms with E-state index in [9.17, 15) is 14.4 Å². The highest BCUT2D eigenvalue weighted by molar-refractivity contribution is 5.88. The van der Waals surface area contributed by atoms with Crippen molar-refractivity contribution < 1.29 is 19.1 Å². The second-order valence-electron chi connectivity index (χ2n) is 6.23. The van der Waals surface area contributed by atoms with Crippen LogP contribution in [0.4, 0.5) is 0 Å². The van der Waals surface area contributed by atoms with Crippen LogP contribution in [0.3, 0.4) is 0 Å². The molecular weight excluding hydrogens is 298 g/mol. The molecule has 2 rings (SSSR count). The normalized spacial score (nSPS) is 26.0. The Morgan fingerprint density at radius 2 is 2.13 bits per heavy atom. The van der Waals surface area contributed by atoms with Gasteiger partial charge >= 0.3 is 5.97 Å². The Morgan fingerprint density at radius 1 is 1.30 bits per heavy atom. The van der Waals surface area contributed by atoms with Crippen molar-refractivity contribution in [1.82, 2.24) is 15.5 Å². The number of nitrogens with one attached hydrogen (secondary N) is 2. The number of hydrogen-bond acceptors (Lipinski definition) is 5. The third kappa shape index (κ3) is 5.49. The van der Waals surface area contributed by atoms with Gasteiger partial charge < -0.3 is 15.4 Å². The predicted octanol–water partition coefficient (Wildman–Crippen LogP) is 0.0464. The smallest absolute Gasteiger partial charge is 0.310 e. The van der Waals surface area contributed by atoms with E-state index in [1.165, 1.54) is 0 Å². The molecule has 23 heavy (non-hydrogen) atoms. The summed E-state index contributed by atoms with van der Waals surface area (Å²) in [5, 5.41) is 5.63. The molecule has 0 aromatic heterocycles. The van der Waals surface area contributed by atoms with Gasteiger partial charge in [0, 0.05) is 13.1 Å². The van der Waals surface area contributed by atoms with Crippen LogP contribution in [0.1, 0.15) is 39.0 Å². The van der Waals surface area contributed by atoms with Crippen LogP contribution in [0.15, 0.2) is 0 Å². The average Bonchev–Trinajstić information content (AvgIpc) is 2.73. The lowest BCUT2D eigenvalue weighted by atomic mass is 9.98. The third-order valence-electron chi connectivity index (χ3n) is 4.36. The first-order chi connectivity index (χ1) is 11.1. The number of piperidine rings is 1. The summed E-state index contributed by atoms with van der Waals surface area (Å²) in [6.45, 7) is 4.41. The number of ether oxygens (including phenoxy) is 1. The Kier molecular flexibility index (Phi) is 6.83. The van der Waals surface area contributed by atoms with Gasteiger partial charge in [-0.1, -0.05) is 0 Å². The molecule has 0 aliphatic carbocycles. The number of rotatable bonds is 5. The minimum Gasteiger partial charge on any atom is -0.466 e. The quantitative estimate of drug-likeness (QED) is 0.697. The highest BCUT2D eigenvalue weighted by Crippen LogP contribution is 2.17. The second-order valence-corrected chi connectivity index (χ2v) is 6.23. The minimum atomic E-state index is -0.435. The highest BCUT2D eigenvalue weighted by atomic mass is 16.5. The average molecular weight is 325 g/mol. The van der Waals surface area contributed by atoms with E-state index in [0.717, 1.165) is 32.2 Å². The van der Waals surface area contributed by atoms with Gasteiger partial charge in [0.25, 0.3) is 0 Å². The third-order valence-corrected chi connectivity index (χ3v) is 4.36. The number of nitrogens with zero attached hydrogens (tertiary/aromatic N) is 1. The standard InChI is InChI=1S/C16H27N3O4/c1-2-23-16(22)12-6-5-9-19(10-12)11-14(20)18-13-7-3-4-8-17-15(13)21/h12-13H,2-11H2,1H3,(H,17,21)(H,18,20). The van der Waals surface area contributed by atoms with Crippen molar-refractivity contribution in [3.05, 3.63) is 0 Å². The lowest BCUT2D eigenvalue weighted by Crippen LogP contribution is -2.50. The molecule has 2 saturated heterocycles. The molecule has 0 aromatic rings. The topological polar surface area (TPSA) is 87.7 Å². The lowest BCUT2D eigenvalue weighted by molar-refractivity contribution is -0.150. The molecule has 2 N–H and O–H groups in total. The Hall–Kier alpha value is -1.63. The van der Waals surface area contributed by atoms with Gasteiger partial charge in [0.2, 0.25) is 11.8 Å². The van der Waals surface area contributed by atoms with Crippen LogP contribution in [-0.4, -0.2) is 61.5 Å².